The van der Waals surface area contributed by atoms with Gasteiger partial charge in [-0.15, -0.1) is 0 Å². The van der Waals surface area contributed by atoms with E-state index in [0.717, 1.165) is 12.1 Å². The van der Waals surface area contributed by atoms with Crippen molar-refractivity contribution in [3.8, 4) is 0 Å². The molecule has 1 atom stereocenters. The Bertz CT molecular complexity index is 627. The van der Waals surface area contributed by atoms with E-state index in [1.807, 2.05) is 13.8 Å². The van der Waals surface area contributed by atoms with E-state index in [4.69, 9.17) is 4.74 Å². The molecule has 0 aliphatic carbocycles. The second-order valence-corrected chi connectivity index (χ2v) is 6.38. The summed E-state index contributed by atoms with van der Waals surface area (Å²) in [6, 6.07) is 1.31. The first-order chi connectivity index (χ1) is 11.4. The van der Waals surface area contributed by atoms with Crippen molar-refractivity contribution >= 4 is 11.9 Å². The van der Waals surface area contributed by atoms with Crippen LogP contribution in [0.1, 0.15) is 43.6 Å². The lowest BCUT2D eigenvalue weighted by molar-refractivity contribution is -0.148. The zero-order valence-electron chi connectivity index (χ0n) is 14.4. The number of carbonyl (C=O) groups excluding carboxylic acids is 2. The average Bonchev–Trinajstić information content (AvgIpc) is 2.48. The van der Waals surface area contributed by atoms with Crippen LogP contribution in [0.25, 0.3) is 0 Å². The fourth-order valence-electron chi connectivity index (χ4n) is 1.98. The minimum Gasteiger partial charge on any atom is -0.464 e. The molecule has 1 N–H and O–H groups in total. The summed E-state index contributed by atoms with van der Waals surface area (Å²) in [4.78, 5) is 24.2. The van der Waals surface area contributed by atoms with Gasteiger partial charge in [0, 0.05) is 0 Å². The maximum atomic E-state index is 14.0. The van der Waals surface area contributed by atoms with Crippen LogP contribution >= 0.6 is 0 Å². The van der Waals surface area contributed by atoms with E-state index in [1.54, 1.807) is 13.8 Å². The molecule has 0 aliphatic rings. The number of hydrogen-bond acceptors (Lipinski definition) is 3. The molecular weight excluding hydrogens is 342 g/mol. The van der Waals surface area contributed by atoms with Crippen molar-refractivity contribution in [1.29, 1.82) is 0 Å². The largest absolute Gasteiger partial charge is 0.464 e. The van der Waals surface area contributed by atoms with Gasteiger partial charge >= 0.3 is 12.1 Å². The summed E-state index contributed by atoms with van der Waals surface area (Å²) in [6.45, 7) is 7.05. The van der Waals surface area contributed by atoms with Gasteiger partial charge in [-0.1, -0.05) is 33.8 Å². The molecule has 0 bridgehead atoms. The fourth-order valence-corrected chi connectivity index (χ4v) is 1.98. The van der Waals surface area contributed by atoms with Gasteiger partial charge in [0.05, 0.1) is 17.7 Å². The van der Waals surface area contributed by atoms with Crippen molar-refractivity contribution in [3.05, 3.63) is 35.1 Å². The number of benzene rings is 1. The highest BCUT2D eigenvalue weighted by molar-refractivity contribution is 5.97. The summed E-state index contributed by atoms with van der Waals surface area (Å²) >= 11 is 0. The van der Waals surface area contributed by atoms with E-state index in [9.17, 15) is 27.2 Å². The number of ether oxygens (including phenoxy) is 1. The summed E-state index contributed by atoms with van der Waals surface area (Å²) in [5, 5.41) is 2.25. The van der Waals surface area contributed by atoms with Crippen LogP contribution in [0, 0.1) is 17.7 Å². The first-order valence-corrected chi connectivity index (χ1v) is 7.78. The third-order valence-electron chi connectivity index (χ3n) is 3.31. The lowest BCUT2D eigenvalue weighted by Gasteiger charge is -2.22. The van der Waals surface area contributed by atoms with Crippen LogP contribution in [-0.2, 0) is 15.7 Å². The van der Waals surface area contributed by atoms with Crippen LogP contribution in [0.5, 0.6) is 0 Å². The molecule has 8 heteroatoms. The standard InChI is InChI=1S/C17H21F4NO3/c1-9(2)8-25-16(24)14(10(3)4)22-15(23)11-6-5-7-12(13(11)18)17(19,20)21/h5-7,9-10,14H,8H2,1-4H3,(H,22,23). The summed E-state index contributed by atoms with van der Waals surface area (Å²) in [5.41, 5.74) is -2.32. The molecule has 0 aromatic heterocycles. The van der Waals surface area contributed by atoms with Crippen molar-refractivity contribution in [2.45, 2.75) is 39.9 Å². The van der Waals surface area contributed by atoms with E-state index >= 15 is 0 Å². The fraction of sp³-hybridized carbons (Fsp3) is 0.529. The lowest BCUT2D eigenvalue weighted by atomic mass is 10.0. The van der Waals surface area contributed by atoms with Gasteiger partial charge in [0.25, 0.3) is 5.91 Å². The van der Waals surface area contributed by atoms with Crippen LogP contribution in [-0.4, -0.2) is 24.5 Å². The number of rotatable bonds is 6. The highest BCUT2D eigenvalue weighted by Gasteiger charge is 2.36. The number of alkyl halides is 3. The Morgan fingerprint density at radius 3 is 2.24 bits per heavy atom. The number of nitrogens with one attached hydrogen (secondary N) is 1. The second-order valence-electron chi connectivity index (χ2n) is 6.38. The number of esters is 1. The topological polar surface area (TPSA) is 55.4 Å². The third-order valence-corrected chi connectivity index (χ3v) is 3.31. The normalized spacial score (nSPS) is 13.0. The second kappa shape index (κ2) is 8.31. The molecule has 140 valence electrons. The molecule has 0 spiro atoms. The SMILES string of the molecule is CC(C)COC(=O)C(NC(=O)c1cccc(C(F)(F)F)c1F)C(C)C. The van der Waals surface area contributed by atoms with Crippen molar-refractivity contribution in [2.24, 2.45) is 11.8 Å². The minimum absolute atomic E-state index is 0.0772. The van der Waals surface area contributed by atoms with E-state index < -0.39 is 47.0 Å². The van der Waals surface area contributed by atoms with Gasteiger partial charge in [0.2, 0.25) is 0 Å². The van der Waals surface area contributed by atoms with Crippen LogP contribution < -0.4 is 5.32 Å². The Morgan fingerprint density at radius 2 is 1.76 bits per heavy atom. The van der Waals surface area contributed by atoms with Crippen LogP contribution in [0.4, 0.5) is 17.6 Å². The molecule has 0 saturated heterocycles. The summed E-state index contributed by atoms with van der Waals surface area (Å²) < 4.78 is 57.3. The molecule has 0 aliphatic heterocycles. The Balaban J connectivity index is 3.01. The molecule has 1 aromatic rings. The van der Waals surface area contributed by atoms with Gasteiger partial charge in [-0.2, -0.15) is 13.2 Å². The van der Waals surface area contributed by atoms with Gasteiger partial charge in [-0.3, -0.25) is 4.79 Å². The quantitative estimate of drug-likeness (QED) is 0.618. The first-order valence-electron chi connectivity index (χ1n) is 7.78. The maximum Gasteiger partial charge on any atom is 0.419 e. The maximum absolute atomic E-state index is 14.0. The van der Waals surface area contributed by atoms with Crippen LogP contribution in [0.2, 0.25) is 0 Å². The third kappa shape index (κ3) is 5.72. The number of halogens is 4. The highest BCUT2D eigenvalue weighted by Crippen LogP contribution is 2.32. The molecule has 25 heavy (non-hydrogen) atoms. The van der Waals surface area contributed by atoms with E-state index in [0.29, 0.717) is 6.07 Å². The Morgan fingerprint density at radius 1 is 1.16 bits per heavy atom. The number of carbonyl (C=O) groups is 2. The number of hydrogen-bond donors (Lipinski definition) is 1. The Hall–Kier alpha value is -2.12. The van der Waals surface area contributed by atoms with Gasteiger partial charge in [0.15, 0.2) is 0 Å². The lowest BCUT2D eigenvalue weighted by Crippen LogP contribution is -2.45. The molecule has 1 unspecified atom stereocenters. The van der Waals surface area contributed by atoms with Gasteiger partial charge in [0.1, 0.15) is 11.9 Å². The molecule has 1 aromatic carbocycles. The van der Waals surface area contributed by atoms with Crippen molar-refractivity contribution in [2.75, 3.05) is 6.61 Å². The predicted octanol–water partition coefficient (Wildman–Crippen LogP) is 3.80. The molecule has 4 nitrogen and oxygen atoms in total. The van der Waals surface area contributed by atoms with Crippen molar-refractivity contribution in [3.63, 3.8) is 0 Å². The van der Waals surface area contributed by atoms with Gasteiger partial charge in [-0.25, -0.2) is 9.18 Å². The molecular formula is C17H21F4NO3. The monoisotopic (exact) mass is 363 g/mol. The van der Waals surface area contributed by atoms with E-state index in [1.165, 1.54) is 0 Å². The number of amides is 1. The van der Waals surface area contributed by atoms with Crippen LogP contribution in [0.3, 0.4) is 0 Å². The Labute approximate surface area is 143 Å². The zero-order chi connectivity index (χ0) is 19.4. The zero-order valence-corrected chi connectivity index (χ0v) is 14.4. The molecule has 1 rings (SSSR count). The van der Waals surface area contributed by atoms with Crippen LogP contribution in [0.15, 0.2) is 18.2 Å². The minimum atomic E-state index is -4.92. The Kier molecular flexibility index (Phi) is 6.96. The van der Waals surface area contributed by atoms with Crippen molar-refractivity contribution < 1.29 is 31.9 Å². The summed E-state index contributed by atoms with van der Waals surface area (Å²) in [5.74, 6) is -3.82. The predicted molar refractivity (Wildman–Crippen MR) is 83.3 cm³/mol. The summed E-state index contributed by atoms with van der Waals surface area (Å²) in [7, 11) is 0. The van der Waals surface area contributed by atoms with Gasteiger partial charge < -0.3 is 10.1 Å². The van der Waals surface area contributed by atoms with E-state index in [-0.39, 0.29) is 12.5 Å². The first kappa shape index (κ1) is 20.9. The molecule has 0 radical (unpaired) electrons. The van der Waals surface area contributed by atoms with Crippen molar-refractivity contribution in [1.82, 2.24) is 5.32 Å². The van der Waals surface area contributed by atoms with E-state index in [2.05, 4.69) is 5.32 Å². The smallest absolute Gasteiger partial charge is 0.419 e. The molecule has 0 heterocycles. The average molecular weight is 363 g/mol. The highest BCUT2D eigenvalue weighted by atomic mass is 19.4. The molecule has 0 saturated carbocycles. The molecule has 0 fully saturated rings. The van der Waals surface area contributed by atoms with Gasteiger partial charge in [-0.05, 0) is 24.0 Å². The summed E-state index contributed by atoms with van der Waals surface area (Å²) in [6.07, 6.45) is -4.92. The molecule has 1 amide bonds.